The predicted molar refractivity (Wildman–Crippen MR) is 291 cm³/mol. The van der Waals surface area contributed by atoms with E-state index in [0.717, 1.165) is 96.3 Å². The monoisotopic (exact) mass is 932 g/mol. The third-order valence-electron chi connectivity index (χ3n) is 12.3. The van der Waals surface area contributed by atoms with E-state index in [9.17, 15) is 19.8 Å². The van der Waals surface area contributed by atoms with Gasteiger partial charge in [0, 0.05) is 6.42 Å². The largest absolute Gasteiger partial charge is 0.462 e. The van der Waals surface area contributed by atoms with E-state index in [2.05, 4.69) is 99.0 Å². The van der Waals surface area contributed by atoms with Crippen molar-refractivity contribution >= 4 is 11.9 Å². The molecule has 0 rings (SSSR count). The Morgan fingerprint density at radius 1 is 0.448 bits per heavy atom. The van der Waals surface area contributed by atoms with Crippen LogP contribution in [0.15, 0.2) is 97.2 Å². The van der Waals surface area contributed by atoms with Crippen LogP contribution in [-0.4, -0.2) is 46.9 Å². The lowest BCUT2D eigenvalue weighted by Gasteiger charge is -2.24. The molecule has 0 spiro atoms. The van der Waals surface area contributed by atoms with Crippen molar-refractivity contribution in [2.45, 2.75) is 270 Å². The van der Waals surface area contributed by atoms with Gasteiger partial charge < -0.3 is 20.3 Å². The van der Waals surface area contributed by atoms with Crippen molar-refractivity contribution < 1.29 is 24.5 Å². The van der Waals surface area contributed by atoms with E-state index in [1.54, 1.807) is 0 Å². The van der Waals surface area contributed by atoms with Crippen LogP contribution >= 0.6 is 0 Å². The van der Waals surface area contributed by atoms with E-state index in [-0.39, 0.29) is 24.9 Å². The minimum Gasteiger partial charge on any atom is -0.462 e. The number of amides is 1. The number of hydrogen-bond donors (Lipinski definition) is 3. The number of allylic oxidation sites excluding steroid dienone is 16. The number of esters is 1. The number of aliphatic hydroxyl groups excluding tert-OH is 2. The van der Waals surface area contributed by atoms with Gasteiger partial charge in [0.2, 0.25) is 5.91 Å². The molecule has 1 amide bonds. The second-order valence-corrected chi connectivity index (χ2v) is 18.8. The molecular weight excluding hydrogens is 827 g/mol. The average Bonchev–Trinajstić information content (AvgIpc) is 3.32. The van der Waals surface area contributed by atoms with Gasteiger partial charge in [-0.05, 0) is 70.6 Å². The average molecular weight is 933 g/mol. The maximum atomic E-state index is 13.3. The van der Waals surface area contributed by atoms with Gasteiger partial charge in [-0.2, -0.15) is 0 Å². The van der Waals surface area contributed by atoms with Gasteiger partial charge in [-0.3, -0.25) is 9.59 Å². The first-order valence-corrected chi connectivity index (χ1v) is 28.1. The van der Waals surface area contributed by atoms with Crippen molar-refractivity contribution in [1.29, 1.82) is 0 Å². The first kappa shape index (κ1) is 63.8. The van der Waals surface area contributed by atoms with Crippen LogP contribution in [-0.2, 0) is 14.3 Å². The van der Waals surface area contributed by atoms with E-state index in [4.69, 9.17) is 4.74 Å². The van der Waals surface area contributed by atoms with Gasteiger partial charge in [0.15, 0.2) is 0 Å². The Kier molecular flexibility index (Phi) is 51.1. The fraction of sp³-hybridized carbons (Fsp3) is 0.705. The Bertz CT molecular complexity index is 1320. The molecule has 0 aromatic rings. The Labute approximate surface area is 414 Å². The van der Waals surface area contributed by atoms with Crippen LogP contribution in [0.5, 0.6) is 0 Å². The summed E-state index contributed by atoms with van der Waals surface area (Å²) in [6, 6.07) is -0.727. The highest BCUT2D eigenvalue weighted by atomic mass is 16.5. The molecule has 3 atom stereocenters. The number of nitrogens with one attached hydrogen (secondary N) is 1. The Morgan fingerprint density at radius 3 is 1.27 bits per heavy atom. The molecule has 0 aliphatic carbocycles. The Balaban J connectivity index is 4.67. The number of unbranched alkanes of at least 4 members (excludes halogenated alkanes) is 27. The normalized spacial score (nSPS) is 13.9. The summed E-state index contributed by atoms with van der Waals surface area (Å²) in [5.74, 6) is -0.542. The van der Waals surface area contributed by atoms with E-state index in [0.29, 0.717) is 19.3 Å². The second-order valence-electron chi connectivity index (χ2n) is 18.8. The third kappa shape index (κ3) is 49.0. The molecule has 0 heterocycles. The predicted octanol–water partition coefficient (Wildman–Crippen LogP) is 17.3. The molecule has 6 nitrogen and oxygen atoms in total. The van der Waals surface area contributed by atoms with Crippen molar-refractivity contribution in [2.75, 3.05) is 6.61 Å². The summed E-state index contributed by atoms with van der Waals surface area (Å²) in [7, 11) is 0. The van der Waals surface area contributed by atoms with Gasteiger partial charge in [0.1, 0.15) is 6.10 Å². The molecule has 0 saturated carbocycles. The lowest BCUT2D eigenvalue weighted by atomic mass is 10.0. The van der Waals surface area contributed by atoms with Gasteiger partial charge in [0.25, 0.3) is 0 Å². The van der Waals surface area contributed by atoms with Crippen LogP contribution in [0.2, 0.25) is 0 Å². The van der Waals surface area contributed by atoms with Crippen molar-refractivity contribution in [3.05, 3.63) is 97.2 Å². The van der Waals surface area contributed by atoms with E-state index in [1.807, 2.05) is 24.3 Å². The quantitative estimate of drug-likeness (QED) is 0.0321. The topological polar surface area (TPSA) is 95.9 Å². The molecule has 3 N–H and O–H groups in total. The highest BCUT2D eigenvalue weighted by Crippen LogP contribution is 2.18. The van der Waals surface area contributed by atoms with Crippen LogP contribution in [0.3, 0.4) is 0 Å². The number of aliphatic hydroxyl groups is 2. The summed E-state index contributed by atoms with van der Waals surface area (Å²) >= 11 is 0. The maximum Gasteiger partial charge on any atom is 0.306 e. The minimum absolute atomic E-state index is 0.0368. The first-order valence-electron chi connectivity index (χ1n) is 28.1. The SMILES string of the molecule is CC/C=C/C=C/C=C/C=C\CCCCCCCC(=O)OC(CCCCC/C=C/C=C/C=C/C=C/CCCCC)CC(=O)NC(CO)C(O)CCCCCCCCCCCCCCCCCCC. The second kappa shape index (κ2) is 53.7. The molecule has 0 radical (unpaired) electrons. The van der Waals surface area contributed by atoms with E-state index in [1.165, 1.54) is 109 Å². The molecule has 0 aromatic carbocycles. The van der Waals surface area contributed by atoms with Crippen molar-refractivity contribution in [3.63, 3.8) is 0 Å². The molecule has 3 unspecified atom stereocenters. The zero-order valence-electron chi connectivity index (χ0n) is 43.8. The van der Waals surface area contributed by atoms with Crippen LogP contribution in [0, 0.1) is 0 Å². The van der Waals surface area contributed by atoms with Crippen LogP contribution in [0.1, 0.15) is 252 Å². The van der Waals surface area contributed by atoms with E-state index < -0.39 is 18.2 Å². The maximum absolute atomic E-state index is 13.3. The molecule has 67 heavy (non-hydrogen) atoms. The van der Waals surface area contributed by atoms with Gasteiger partial charge in [-0.15, -0.1) is 0 Å². The zero-order valence-corrected chi connectivity index (χ0v) is 43.8. The summed E-state index contributed by atoms with van der Waals surface area (Å²) in [5, 5.41) is 23.9. The molecule has 6 heteroatoms. The van der Waals surface area contributed by atoms with Gasteiger partial charge in [-0.1, -0.05) is 266 Å². The number of hydrogen-bond acceptors (Lipinski definition) is 5. The summed E-state index contributed by atoms with van der Waals surface area (Å²) in [4.78, 5) is 26.2. The number of ether oxygens (including phenoxy) is 1. The van der Waals surface area contributed by atoms with Crippen molar-refractivity contribution in [2.24, 2.45) is 0 Å². The molecule has 0 fully saturated rings. The lowest BCUT2D eigenvalue weighted by Crippen LogP contribution is -2.46. The molecule has 0 aromatic heterocycles. The van der Waals surface area contributed by atoms with Crippen LogP contribution in [0.4, 0.5) is 0 Å². The van der Waals surface area contributed by atoms with Crippen molar-refractivity contribution in [1.82, 2.24) is 5.32 Å². The molecule has 0 aliphatic heterocycles. The zero-order chi connectivity index (χ0) is 48.8. The third-order valence-corrected chi connectivity index (χ3v) is 12.3. The molecule has 0 bridgehead atoms. The number of carbonyl (C=O) groups is 2. The smallest absolute Gasteiger partial charge is 0.306 e. The first-order chi connectivity index (χ1) is 33.0. The van der Waals surface area contributed by atoms with E-state index >= 15 is 0 Å². The van der Waals surface area contributed by atoms with Gasteiger partial charge in [-0.25, -0.2) is 0 Å². The molecule has 0 saturated heterocycles. The molecule has 384 valence electrons. The fourth-order valence-electron chi connectivity index (χ4n) is 8.10. The summed E-state index contributed by atoms with van der Waals surface area (Å²) in [6.45, 7) is 6.30. The Morgan fingerprint density at radius 2 is 0.806 bits per heavy atom. The standard InChI is InChI=1S/C61H105NO5/c1-4-7-10-13-16-19-22-25-28-30-33-35-38-41-44-47-50-53-59(64)58(56-63)62-60(65)55-57(52-49-46-43-40-37-34-32-29-26-23-20-17-14-11-8-5-2)67-61(66)54-51-48-45-42-39-36-31-27-24-21-18-15-12-9-6-3/h9,12,15,17-18,20-21,23-24,26-27,29,31-32,34,37,57-59,63-64H,4-8,10-11,13-14,16,19,22,25,28,30,33,35-36,38-56H2,1-3H3,(H,62,65)/b12-9+,18-15+,20-17+,24-21+,26-23+,31-27-,32-29+,37-34+. The van der Waals surface area contributed by atoms with Crippen LogP contribution in [0.25, 0.3) is 0 Å². The summed E-state index contributed by atoms with van der Waals surface area (Å²) < 4.78 is 5.92. The number of carbonyl (C=O) groups excluding carboxylic acids is 2. The van der Waals surface area contributed by atoms with Gasteiger partial charge >= 0.3 is 5.97 Å². The molecule has 0 aliphatic rings. The summed E-state index contributed by atoms with van der Waals surface area (Å²) in [5.41, 5.74) is 0. The lowest BCUT2D eigenvalue weighted by molar-refractivity contribution is -0.151. The van der Waals surface area contributed by atoms with Crippen molar-refractivity contribution in [3.8, 4) is 0 Å². The Hall–Kier alpha value is -3.22. The van der Waals surface area contributed by atoms with Gasteiger partial charge in [0.05, 0.1) is 25.2 Å². The highest BCUT2D eigenvalue weighted by molar-refractivity contribution is 5.77. The minimum atomic E-state index is -0.810. The molecular formula is C61H105NO5. The van der Waals surface area contributed by atoms with Crippen LogP contribution < -0.4 is 5.32 Å². The number of rotatable bonds is 49. The highest BCUT2D eigenvalue weighted by Gasteiger charge is 2.24. The summed E-state index contributed by atoms with van der Waals surface area (Å²) in [6.07, 6.45) is 71.8. The fourth-order valence-corrected chi connectivity index (χ4v) is 8.10.